The van der Waals surface area contributed by atoms with E-state index in [9.17, 15) is 4.79 Å². The zero-order valence-corrected chi connectivity index (χ0v) is 18.3. The van der Waals surface area contributed by atoms with Crippen LogP contribution in [0.15, 0.2) is 52.3 Å². The van der Waals surface area contributed by atoms with Crippen LogP contribution in [-0.2, 0) is 6.42 Å². The standard InChI is InChI=1S/C22H22BrNO3S/c1-3-26-20-12-9-15(13-21(20)27-4-2)22-24-16(14-28-22)10-11-19(25)17-7-5-6-8-18(17)23/h5-9,12-14H,3-4,10-11H2,1-2H3. The van der Waals surface area contributed by atoms with Crippen molar-refractivity contribution in [2.45, 2.75) is 26.7 Å². The number of ether oxygens (including phenoxy) is 2. The SMILES string of the molecule is CCOc1ccc(-c2nc(CCC(=O)c3ccccc3Br)cs2)cc1OCC. The molecule has 1 aromatic heterocycles. The van der Waals surface area contributed by atoms with Crippen molar-refractivity contribution < 1.29 is 14.3 Å². The molecule has 0 saturated heterocycles. The molecule has 0 aliphatic rings. The number of halogens is 1. The molecule has 146 valence electrons. The molecular weight excluding hydrogens is 438 g/mol. The summed E-state index contributed by atoms with van der Waals surface area (Å²) in [4.78, 5) is 17.2. The summed E-state index contributed by atoms with van der Waals surface area (Å²) in [6.07, 6.45) is 1.05. The maximum atomic E-state index is 12.4. The average molecular weight is 460 g/mol. The van der Waals surface area contributed by atoms with Crippen LogP contribution < -0.4 is 9.47 Å². The quantitative estimate of drug-likeness (QED) is 0.358. The van der Waals surface area contributed by atoms with Crippen LogP contribution in [0.25, 0.3) is 10.6 Å². The summed E-state index contributed by atoms with van der Waals surface area (Å²) in [7, 11) is 0. The van der Waals surface area contributed by atoms with E-state index in [1.165, 1.54) is 0 Å². The Morgan fingerprint density at radius 2 is 1.82 bits per heavy atom. The molecule has 3 aromatic rings. The van der Waals surface area contributed by atoms with Crippen molar-refractivity contribution in [2.24, 2.45) is 0 Å². The van der Waals surface area contributed by atoms with Crippen molar-refractivity contribution >= 4 is 33.0 Å². The van der Waals surface area contributed by atoms with Gasteiger partial charge in [0.2, 0.25) is 0 Å². The Bertz CT molecular complexity index is 954. The van der Waals surface area contributed by atoms with Gasteiger partial charge in [0, 0.05) is 27.4 Å². The smallest absolute Gasteiger partial charge is 0.164 e. The predicted octanol–water partition coefficient (Wildman–Crippen LogP) is 6.19. The fourth-order valence-electron chi connectivity index (χ4n) is 2.80. The molecule has 0 N–H and O–H groups in total. The van der Waals surface area contributed by atoms with E-state index in [-0.39, 0.29) is 5.78 Å². The van der Waals surface area contributed by atoms with Gasteiger partial charge in [0.1, 0.15) is 5.01 Å². The van der Waals surface area contributed by atoms with E-state index in [1.807, 2.05) is 61.7 Å². The summed E-state index contributed by atoms with van der Waals surface area (Å²) in [5, 5.41) is 2.92. The van der Waals surface area contributed by atoms with Gasteiger partial charge >= 0.3 is 0 Å². The summed E-state index contributed by atoms with van der Waals surface area (Å²) in [5.41, 5.74) is 2.62. The minimum Gasteiger partial charge on any atom is -0.490 e. The summed E-state index contributed by atoms with van der Waals surface area (Å²) in [6.45, 7) is 5.06. The van der Waals surface area contributed by atoms with Crippen LogP contribution in [0.5, 0.6) is 11.5 Å². The minimum absolute atomic E-state index is 0.113. The molecule has 0 spiro atoms. The Balaban J connectivity index is 1.71. The first kappa shape index (κ1) is 20.6. The molecule has 6 heteroatoms. The van der Waals surface area contributed by atoms with Crippen LogP contribution in [0, 0.1) is 0 Å². The zero-order chi connectivity index (χ0) is 19.9. The molecular formula is C22H22BrNO3S. The Morgan fingerprint density at radius 1 is 1.07 bits per heavy atom. The molecule has 0 unspecified atom stereocenters. The lowest BCUT2D eigenvalue weighted by molar-refractivity contribution is 0.0982. The molecule has 0 radical (unpaired) electrons. The topological polar surface area (TPSA) is 48.4 Å². The highest BCUT2D eigenvalue weighted by Gasteiger charge is 2.13. The second-order valence-electron chi connectivity index (χ2n) is 6.07. The number of aryl methyl sites for hydroxylation is 1. The van der Waals surface area contributed by atoms with Gasteiger partial charge in [-0.15, -0.1) is 11.3 Å². The second-order valence-corrected chi connectivity index (χ2v) is 7.79. The highest BCUT2D eigenvalue weighted by molar-refractivity contribution is 9.10. The van der Waals surface area contributed by atoms with Crippen LogP contribution in [-0.4, -0.2) is 24.0 Å². The van der Waals surface area contributed by atoms with Crippen molar-refractivity contribution in [3.63, 3.8) is 0 Å². The van der Waals surface area contributed by atoms with Crippen molar-refractivity contribution in [3.05, 3.63) is 63.6 Å². The van der Waals surface area contributed by atoms with Crippen LogP contribution >= 0.6 is 27.3 Å². The van der Waals surface area contributed by atoms with E-state index in [4.69, 9.17) is 14.5 Å². The van der Waals surface area contributed by atoms with Crippen LogP contribution in [0.1, 0.15) is 36.3 Å². The summed E-state index contributed by atoms with van der Waals surface area (Å²) in [6, 6.07) is 13.4. The minimum atomic E-state index is 0.113. The molecule has 2 aromatic carbocycles. The monoisotopic (exact) mass is 459 g/mol. The van der Waals surface area contributed by atoms with Gasteiger partial charge in [-0.3, -0.25) is 4.79 Å². The number of ketones is 1. The Morgan fingerprint density at radius 3 is 2.57 bits per heavy atom. The van der Waals surface area contributed by atoms with Crippen molar-refractivity contribution in [3.8, 4) is 22.1 Å². The first-order valence-corrected chi connectivity index (χ1v) is 10.9. The molecule has 0 aliphatic carbocycles. The van der Waals surface area contributed by atoms with Crippen molar-refractivity contribution in [1.82, 2.24) is 4.98 Å². The number of aromatic nitrogens is 1. The van der Waals surface area contributed by atoms with Crippen molar-refractivity contribution in [2.75, 3.05) is 13.2 Å². The zero-order valence-electron chi connectivity index (χ0n) is 15.9. The molecule has 0 atom stereocenters. The number of carbonyl (C=O) groups excluding carboxylic acids is 1. The summed E-state index contributed by atoms with van der Waals surface area (Å²) in [5.74, 6) is 1.58. The third-order valence-corrected chi connectivity index (χ3v) is 5.76. The summed E-state index contributed by atoms with van der Waals surface area (Å²) < 4.78 is 12.1. The van der Waals surface area contributed by atoms with E-state index < -0.39 is 0 Å². The molecule has 0 bridgehead atoms. The number of rotatable bonds is 9. The number of benzene rings is 2. The van der Waals surface area contributed by atoms with Gasteiger partial charge in [0.25, 0.3) is 0 Å². The number of hydrogen-bond donors (Lipinski definition) is 0. The maximum absolute atomic E-state index is 12.4. The predicted molar refractivity (Wildman–Crippen MR) is 117 cm³/mol. The molecule has 0 aliphatic heterocycles. The molecule has 0 saturated carbocycles. The van der Waals surface area contributed by atoms with Crippen LogP contribution in [0.2, 0.25) is 0 Å². The molecule has 28 heavy (non-hydrogen) atoms. The van der Waals surface area contributed by atoms with Gasteiger partial charge in [-0.25, -0.2) is 4.98 Å². The van der Waals surface area contributed by atoms with Crippen LogP contribution in [0.3, 0.4) is 0 Å². The molecule has 1 heterocycles. The molecule has 4 nitrogen and oxygen atoms in total. The number of carbonyl (C=O) groups is 1. The van der Waals surface area contributed by atoms with Gasteiger partial charge in [0.05, 0.1) is 18.9 Å². The highest BCUT2D eigenvalue weighted by Crippen LogP contribution is 2.34. The van der Waals surface area contributed by atoms with Gasteiger partial charge in [0.15, 0.2) is 17.3 Å². The van der Waals surface area contributed by atoms with E-state index in [2.05, 4.69) is 15.9 Å². The highest BCUT2D eigenvalue weighted by atomic mass is 79.9. The van der Waals surface area contributed by atoms with E-state index in [0.717, 1.165) is 32.2 Å². The van der Waals surface area contributed by atoms with Gasteiger partial charge in [-0.1, -0.05) is 34.1 Å². The lowest BCUT2D eigenvalue weighted by Gasteiger charge is -2.11. The lowest BCUT2D eigenvalue weighted by Crippen LogP contribution is -2.02. The fraction of sp³-hybridized carbons (Fsp3) is 0.273. The first-order valence-electron chi connectivity index (χ1n) is 9.24. The molecule has 3 rings (SSSR count). The lowest BCUT2D eigenvalue weighted by atomic mass is 10.1. The third-order valence-electron chi connectivity index (χ3n) is 4.12. The summed E-state index contributed by atoms with van der Waals surface area (Å²) >= 11 is 5.01. The number of hydrogen-bond acceptors (Lipinski definition) is 5. The Hall–Kier alpha value is -2.18. The van der Waals surface area contributed by atoms with Gasteiger partial charge in [-0.2, -0.15) is 0 Å². The van der Waals surface area contributed by atoms with Gasteiger partial charge in [-0.05, 0) is 44.5 Å². The second kappa shape index (κ2) is 9.85. The van der Waals surface area contributed by atoms with E-state index >= 15 is 0 Å². The normalized spacial score (nSPS) is 10.7. The third kappa shape index (κ3) is 5.00. The maximum Gasteiger partial charge on any atom is 0.164 e. The Labute approximate surface area is 177 Å². The number of Topliss-reactive ketones (excluding diaryl/α,β-unsaturated/α-hetero) is 1. The average Bonchev–Trinajstić information content (AvgIpc) is 3.17. The first-order chi connectivity index (χ1) is 13.6. The number of thiazole rings is 1. The van der Waals surface area contributed by atoms with E-state index in [1.54, 1.807) is 11.3 Å². The molecule has 0 fully saturated rings. The number of nitrogens with zero attached hydrogens (tertiary/aromatic N) is 1. The molecule has 0 amide bonds. The Kier molecular flexibility index (Phi) is 7.23. The largest absolute Gasteiger partial charge is 0.490 e. The fourth-order valence-corrected chi connectivity index (χ4v) is 4.16. The van der Waals surface area contributed by atoms with E-state index in [0.29, 0.717) is 31.6 Å². The van der Waals surface area contributed by atoms with Crippen molar-refractivity contribution in [1.29, 1.82) is 0 Å². The van der Waals surface area contributed by atoms with Crippen LogP contribution in [0.4, 0.5) is 0 Å². The van der Waals surface area contributed by atoms with Gasteiger partial charge < -0.3 is 9.47 Å².